The van der Waals surface area contributed by atoms with Crippen molar-refractivity contribution in [3.8, 4) is 0 Å². The van der Waals surface area contributed by atoms with Gasteiger partial charge in [-0.2, -0.15) is 0 Å². The Balaban J connectivity index is 1.81. The van der Waals surface area contributed by atoms with Crippen molar-refractivity contribution in [1.29, 1.82) is 0 Å². The maximum absolute atomic E-state index is 10.5. The van der Waals surface area contributed by atoms with Crippen molar-refractivity contribution in [2.45, 2.75) is 36.9 Å². The van der Waals surface area contributed by atoms with Crippen molar-refractivity contribution in [1.82, 2.24) is 4.90 Å². The Morgan fingerprint density at radius 1 is 1.18 bits per heavy atom. The monoisotopic (exact) mass is 309 g/mol. The minimum atomic E-state index is -0.782. The van der Waals surface area contributed by atoms with Gasteiger partial charge >= 0.3 is 0 Å². The van der Waals surface area contributed by atoms with Crippen LogP contribution in [0, 0.1) is 0 Å². The molecule has 0 unspecified atom stereocenters. The number of methoxy groups -OCH3 is 1. The summed E-state index contributed by atoms with van der Waals surface area (Å²) >= 11 is 0. The van der Waals surface area contributed by atoms with Gasteiger partial charge in [0.05, 0.1) is 12.6 Å². The lowest BCUT2D eigenvalue weighted by Gasteiger charge is -2.49. The van der Waals surface area contributed by atoms with E-state index in [9.17, 15) is 5.11 Å². The highest BCUT2D eigenvalue weighted by atomic mass is 16.7. The van der Waals surface area contributed by atoms with Gasteiger partial charge in [-0.05, 0) is 14.1 Å². The summed E-state index contributed by atoms with van der Waals surface area (Å²) in [4.78, 5) is 1.95. The molecule has 6 nitrogen and oxygen atoms in total. The van der Waals surface area contributed by atoms with Gasteiger partial charge in [0.25, 0.3) is 0 Å². The van der Waals surface area contributed by atoms with Crippen LogP contribution in [0.5, 0.6) is 0 Å². The van der Waals surface area contributed by atoms with E-state index in [1.54, 1.807) is 0 Å². The predicted molar refractivity (Wildman–Crippen MR) is 79.2 cm³/mol. The number of hydrogen-bond donors (Lipinski definition) is 1. The number of aliphatic hydroxyl groups is 1. The van der Waals surface area contributed by atoms with Gasteiger partial charge in [0.1, 0.15) is 18.3 Å². The van der Waals surface area contributed by atoms with E-state index in [2.05, 4.69) is 0 Å². The standard InChI is InChI=1S/C16H23NO5/c1-17(2)12-13(18)16(19-3)21-11-9-20-15(22-14(11)12)10-7-5-4-6-8-10/h4-8,11-16,18H,9H2,1-3H3/t11-,12-,13+,14+,15+,16-/m1/s1. The zero-order chi connectivity index (χ0) is 15.7. The maximum Gasteiger partial charge on any atom is 0.185 e. The molecule has 1 aromatic rings. The lowest BCUT2D eigenvalue weighted by Crippen LogP contribution is -2.66. The first kappa shape index (κ1) is 15.9. The Bertz CT molecular complexity index is 483. The third-order valence-electron chi connectivity index (χ3n) is 4.23. The average Bonchev–Trinajstić information content (AvgIpc) is 2.54. The predicted octanol–water partition coefficient (Wildman–Crippen LogP) is 0.763. The molecule has 0 radical (unpaired) electrons. The fourth-order valence-electron chi connectivity index (χ4n) is 3.15. The van der Waals surface area contributed by atoms with E-state index in [1.807, 2.05) is 49.3 Å². The van der Waals surface area contributed by atoms with Crippen LogP contribution in [0.15, 0.2) is 30.3 Å². The Hall–Kier alpha value is -1.02. The average molecular weight is 309 g/mol. The summed E-state index contributed by atoms with van der Waals surface area (Å²) in [5, 5.41) is 10.5. The first-order valence-electron chi connectivity index (χ1n) is 7.46. The molecular formula is C16H23NO5. The number of likely N-dealkylation sites (N-methyl/N-ethyl adjacent to an activating group) is 1. The van der Waals surface area contributed by atoms with Crippen molar-refractivity contribution < 1.29 is 24.1 Å². The number of ether oxygens (including phenoxy) is 4. The fourth-order valence-corrected chi connectivity index (χ4v) is 3.15. The molecule has 0 saturated carbocycles. The van der Waals surface area contributed by atoms with E-state index in [0.717, 1.165) is 5.56 Å². The molecule has 2 saturated heterocycles. The smallest absolute Gasteiger partial charge is 0.185 e. The Morgan fingerprint density at radius 2 is 1.91 bits per heavy atom. The molecule has 6 heteroatoms. The first-order valence-corrected chi connectivity index (χ1v) is 7.46. The number of hydrogen-bond acceptors (Lipinski definition) is 6. The molecule has 22 heavy (non-hydrogen) atoms. The molecule has 0 aliphatic carbocycles. The summed E-state index contributed by atoms with van der Waals surface area (Å²) in [6.07, 6.45) is -2.44. The number of nitrogens with zero attached hydrogens (tertiary/aromatic N) is 1. The molecular weight excluding hydrogens is 286 g/mol. The quantitative estimate of drug-likeness (QED) is 0.890. The number of benzene rings is 1. The zero-order valence-corrected chi connectivity index (χ0v) is 13.1. The molecule has 1 N–H and O–H groups in total. The Morgan fingerprint density at radius 3 is 2.55 bits per heavy atom. The third-order valence-corrected chi connectivity index (χ3v) is 4.23. The maximum atomic E-state index is 10.5. The zero-order valence-electron chi connectivity index (χ0n) is 13.1. The van der Waals surface area contributed by atoms with E-state index < -0.39 is 18.7 Å². The molecule has 2 fully saturated rings. The lowest BCUT2D eigenvalue weighted by atomic mass is 9.94. The molecule has 0 aromatic heterocycles. The van der Waals surface area contributed by atoms with Gasteiger partial charge in [0.15, 0.2) is 12.6 Å². The number of rotatable bonds is 3. The molecule has 2 aliphatic heterocycles. The summed E-state index contributed by atoms with van der Waals surface area (Å²) in [5.41, 5.74) is 0.960. The number of aliphatic hydroxyl groups excluding tert-OH is 1. The molecule has 6 atom stereocenters. The summed E-state index contributed by atoms with van der Waals surface area (Å²) in [6, 6.07) is 9.56. The highest BCUT2D eigenvalue weighted by molar-refractivity contribution is 5.16. The molecule has 0 bridgehead atoms. The van der Waals surface area contributed by atoms with E-state index in [1.165, 1.54) is 7.11 Å². The van der Waals surface area contributed by atoms with Crippen molar-refractivity contribution in [3.05, 3.63) is 35.9 Å². The lowest BCUT2D eigenvalue weighted by molar-refractivity contribution is -0.348. The van der Waals surface area contributed by atoms with Gasteiger partial charge in [-0.1, -0.05) is 30.3 Å². The van der Waals surface area contributed by atoms with Crippen molar-refractivity contribution in [2.24, 2.45) is 0 Å². The van der Waals surface area contributed by atoms with Crippen LogP contribution in [0.25, 0.3) is 0 Å². The fraction of sp³-hybridized carbons (Fsp3) is 0.625. The Kier molecular flexibility index (Phi) is 4.77. The molecule has 0 spiro atoms. The normalized spacial score (nSPS) is 38.8. The van der Waals surface area contributed by atoms with Crippen molar-refractivity contribution in [2.75, 3.05) is 27.8 Å². The van der Waals surface area contributed by atoms with E-state index in [0.29, 0.717) is 6.61 Å². The second kappa shape index (κ2) is 6.62. The molecule has 1 aromatic carbocycles. The van der Waals surface area contributed by atoms with Gasteiger partial charge in [-0.25, -0.2) is 0 Å². The first-order chi connectivity index (χ1) is 10.6. The van der Waals surface area contributed by atoms with Crippen LogP contribution in [-0.2, 0) is 18.9 Å². The van der Waals surface area contributed by atoms with Crippen LogP contribution in [0.1, 0.15) is 11.9 Å². The highest BCUT2D eigenvalue weighted by Gasteiger charge is 2.50. The van der Waals surface area contributed by atoms with Crippen LogP contribution in [0.3, 0.4) is 0 Å². The molecule has 2 heterocycles. The SMILES string of the molecule is CO[C@@H]1O[C@@H]2CO[C@H](c3ccccc3)O[C@@H]2[C@H](N(C)C)[C@@H]1O. The third kappa shape index (κ3) is 2.90. The minimum Gasteiger partial charge on any atom is -0.386 e. The van der Waals surface area contributed by atoms with Gasteiger partial charge in [0.2, 0.25) is 0 Å². The van der Waals surface area contributed by atoms with Gasteiger partial charge < -0.3 is 29.0 Å². The summed E-state index contributed by atoms with van der Waals surface area (Å²) in [5.74, 6) is 0. The van der Waals surface area contributed by atoms with Crippen LogP contribution >= 0.6 is 0 Å². The summed E-state index contributed by atoms with van der Waals surface area (Å²) in [6.45, 7) is 0.404. The molecule has 2 aliphatic rings. The van der Waals surface area contributed by atoms with Crippen LogP contribution in [-0.4, -0.2) is 68.5 Å². The second-order valence-corrected chi connectivity index (χ2v) is 5.90. The van der Waals surface area contributed by atoms with E-state index >= 15 is 0 Å². The summed E-state index contributed by atoms with van der Waals surface area (Å²) in [7, 11) is 5.36. The summed E-state index contributed by atoms with van der Waals surface area (Å²) < 4.78 is 22.9. The van der Waals surface area contributed by atoms with Crippen molar-refractivity contribution >= 4 is 0 Å². The minimum absolute atomic E-state index is 0.223. The van der Waals surface area contributed by atoms with E-state index in [4.69, 9.17) is 18.9 Å². The molecule has 122 valence electrons. The van der Waals surface area contributed by atoms with Crippen LogP contribution in [0.2, 0.25) is 0 Å². The highest BCUT2D eigenvalue weighted by Crippen LogP contribution is 2.35. The largest absolute Gasteiger partial charge is 0.386 e. The van der Waals surface area contributed by atoms with Crippen molar-refractivity contribution in [3.63, 3.8) is 0 Å². The van der Waals surface area contributed by atoms with Crippen LogP contribution in [0.4, 0.5) is 0 Å². The van der Waals surface area contributed by atoms with Crippen LogP contribution < -0.4 is 0 Å². The van der Waals surface area contributed by atoms with Gasteiger partial charge in [-0.3, -0.25) is 0 Å². The number of fused-ring (bicyclic) bond motifs is 1. The van der Waals surface area contributed by atoms with Gasteiger partial charge in [0, 0.05) is 12.7 Å². The molecule has 0 amide bonds. The molecule has 3 rings (SSSR count). The van der Waals surface area contributed by atoms with Gasteiger partial charge in [-0.15, -0.1) is 0 Å². The second-order valence-electron chi connectivity index (χ2n) is 5.90. The van der Waals surface area contributed by atoms with E-state index in [-0.39, 0.29) is 18.2 Å². The Labute approximate surface area is 130 Å². The topological polar surface area (TPSA) is 60.4 Å².